The second kappa shape index (κ2) is 5.09. The monoisotopic (exact) mass is 283 g/mol. The molecule has 2 N–H and O–H groups in total. The first kappa shape index (κ1) is 13.4. The number of H-pyrrole nitrogens is 1. The highest BCUT2D eigenvalue weighted by molar-refractivity contribution is 6.04. The van der Waals surface area contributed by atoms with E-state index in [1.165, 1.54) is 0 Å². The summed E-state index contributed by atoms with van der Waals surface area (Å²) in [5.41, 5.74) is 2.25. The predicted octanol–water partition coefficient (Wildman–Crippen LogP) is 3.26. The second-order valence-electron chi connectivity index (χ2n) is 5.18. The van der Waals surface area contributed by atoms with Gasteiger partial charge in [0, 0.05) is 10.9 Å². The number of fused-ring (bicyclic) bond motifs is 1. The Morgan fingerprint density at radius 2 is 2.10 bits per heavy atom. The number of amides is 1. The van der Waals surface area contributed by atoms with Crippen LogP contribution >= 0.6 is 0 Å². The molecule has 1 amide bonds. The summed E-state index contributed by atoms with van der Waals surface area (Å²) in [7, 11) is 0. The topological polar surface area (TPSA) is 70.9 Å². The van der Waals surface area contributed by atoms with Crippen LogP contribution in [-0.2, 0) is 0 Å². The lowest BCUT2D eigenvalue weighted by molar-refractivity contribution is 0.0936. The molecule has 5 heteroatoms. The van der Waals surface area contributed by atoms with Crippen molar-refractivity contribution in [2.45, 2.75) is 26.8 Å². The Labute approximate surface area is 122 Å². The van der Waals surface area contributed by atoms with E-state index < -0.39 is 0 Å². The Morgan fingerprint density at radius 3 is 2.81 bits per heavy atom. The van der Waals surface area contributed by atoms with Gasteiger partial charge in [-0.2, -0.15) is 5.10 Å². The van der Waals surface area contributed by atoms with Gasteiger partial charge in [-0.05, 0) is 32.9 Å². The molecule has 21 heavy (non-hydrogen) atoms. The van der Waals surface area contributed by atoms with E-state index in [2.05, 4.69) is 15.5 Å². The number of para-hydroxylation sites is 1. The molecule has 108 valence electrons. The molecule has 0 saturated carbocycles. The molecule has 5 nitrogen and oxygen atoms in total. The van der Waals surface area contributed by atoms with Crippen LogP contribution < -0.4 is 5.32 Å². The molecular formula is C16H17N3O2. The van der Waals surface area contributed by atoms with E-state index in [9.17, 15) is 4.79 Å². The van der Waals surface area contributed by atoms with Crippen LogP contribution in [0.3, 0.4) is 0 Å². The Hall–Kier alpha value is -2.56. The largest absolute Gasteiger partial charge is 0.466 e. The summed E-state index contributed by atoms with van der Waals surface area (Å²) in [5.74, 6) is 1.47. The van der Waals surface area contributed by atoms with E-state index in [1.807, 2.05) is 51.1 Å². The standard InChI is InChI=1S/C16H17N3O2/c1-9-8-13(11(3)21-9)10(2)17-16(20)15-12-6-4-5-7-14(12)18-19-15/h4-8,10H,1-3H3,(H,17,20)(H,18,19). The third-order valence-electron chi connectivity index (χ3n) is 3.58. The molecule has 2 aromatic heterocycles. The van der Waals surface area contributed by atoms with E-state index in [1.54, 1.807) is 0 Å². The molecule has 1 aromatic carbocycles. The first-order chi connectivity index (χ1) is 10.1. The van der Waals surface area contributed by atoms with Gasteiger partial charge < -0.3 is 9.73 Å². The Balaban J connectivity index is 1.84. The fourth-order valence-electron chi connectivity index (χ4n) is 2.56. The summed E-state index contributed by atoms with van der Waals surface area (Å²) >= 11 is 0. The SMILES string of the molecule is Cc1cc(C(C)NC(=O)c2n[nH]c3ccccc23)c(C)o1. The highest BCUT2D eigenvalue weighted by Gasteiger charge is 2.19. The highest BCUT2D eigenvalue weighted by atomic mass is 16.3. The summed E-state index contributed by atoms with van der Waals surface area (Å²) in [5, 5.41) is 10.8. The van der Waals surface area contributed by atoms with Crippen molar-refractivity contribution in [3.63, 3.8) is 0 Å². The molecule has 0 bridgehead atoms. The fraction of sp³-hybridized carbons (Fsp3) is 0.250. The average molecular weight is 283 g/mol. The van der Waals surface area contributed by atoms with Gasteiger partial charge in [-0.3, -0.25) is 9.89 Å². The summed E-state index contributed by atoms with van der Waals surface area (Å²) < 4.78 is 5.51. The number of nitrogens with zero attached hydrogens (tertiary/aromatic N) is 1. The van der Waals surface area contributed by atoms with Crippen LogP contribution in [0.2, 0.25) is 0 Å². The fourth-order valence-corrected chi connectivity index (χ4v) is 2.56. The molecule has 1 unspecified atom stereocenters. The van der Waals surface area contributed by atoms with Crippen LogP contribution in [0.15, 0.2) is 34.7 Å². The molecule has 3 aromatic rings. The second-order valence-corrected chi connectivity index (χ2v) is 5.18. The van der Waals surface area contributed by atoms with Gasteiger partial charge in [-0.25, -0.2) is 0 Å². The lowest BCUT2D eigenvalue weighted by Crippen LogP contribution is -2.27. The van der Waals surface area contributed by atoms with Crippen molar-refractivity contribution in [2.75, 3.05) is 0 Å². The minimum absolute atomic E-state index is 0.134. The normalized spacial score (nSPS) is 12.5. The predicted molar refractivity (Wildman–Crippen MR) is 80.2 cm³/mol. The number of aryl methyl sites for hydroxylation is 2. The number of carbonyl (C=O) groups excluding carboxylic acids is 1. The van der Waals surface area contributed by atoms with Crippen molar-refractivity contribution >= 4 is 16.8 Å². The summed E-state index contributed by atoms with van der Waals surface area (Å²) in [6, 6.07) is 9.38. The minimum Gasteiger partial charge on any atom is -0.466 e. The molecule has 3 rings (SSSR count). The van der Waals surface area contributed by atoms with Gasteiger partial charge in [0.15, 0.2) is 5.69 Å². The number of furan rings is 1. The number of rotatable bonds is 3. The van der Waals surface area contributed by atoms with Crippen LogP contribution in [0, 0.1) is 13.8 Å². The molecule has 1 atom stereocenters. The third-order valence-corrected chi connectivity index (χ3v) is 3.58. The van der Waals surface area contributed by atoms with Gasteiger partial charge in [0.05, 0.1) is 11.6 Å². The number of benzene rings is 1. The first-order valence-electron chi connectivity index (χ1n) is 6.87. The van der Waals surface area contributed by atoms with Crippen LogP contribution in [0.5, 0.6) is 0 Å². The smallest absolute Gasteiger partial charge is 0.272 e. The van der Waals surface area contributed by atoms with Gasteiger partial charge in [0.25, 0.3) is 5.91 Å². The zero-order valence-corrected chi connectivity index (χ0v) is 12.2. The lowest BCUT2D eigenvalue weighted by atomic mass is 10.1. The Bertz CT molecular complexity index is 801. The number of nitrogens with one attached hydrogen (secondary N) is 2. The molecule has 0 aliphatic heterocycles. The Morgan fingerprint density at radius 1 is 1.33 bits per heavy atom. The van der Waals surface area contributed by atoms with Crippen LogP contribution in [0.1, 0.15) is 40.5 Å². The van der Waals surface area contributed by atoms with Crippen molar-refractivity contribution < 1.29 is 9.21 Å². The summed E-state index contributed by atoms with van der Waals surface area (Å²) in [4.78, 5) is 12.4. The lowest BCUT2D eigenvalue weighted by Gasteiger charge is -2.12. The van der Waals surface area contributed by atoms with Crippen LogP contribution in [0.25, 0.3) is 10.9 Å². The number of carbonyl (C=O) groups is 1. The summed E-state index contributed by atoms with van der Waals surface area (Å²) in [6.07, 6.45) is 0. The van der Waals surface area contributed by atoms with Crippen molar-refractivity contribution in [1.29, 1.82) is 0 Å². The molecule has 0 radical (unpaired) electrons. The van der Waals surface area contributed by atoms with E-state index in [0.717, 1.165) is 28.0 Å². The zero-order valence-electron chi connectivity index (χ0n) is 12.2. The van der Waals surface area contributed by atoms with E-state index in [0.29, 0.717) is 5.69 Å². The van der Waals surface area contributed by atoms with Crippen LogP contribution in [-0.4, -0.2) is 16.1 Å². The van der Waals surface area contributed by atoms with Crippen molar-refractivity contribution in [3.8, 4) is 0 Å². The van der Waals surface area contributed by atoms with Gasteiger partial charge in [-0.15, -0.1) is 0 Å². The number of aromatic amines is 1. The average Bonchev–Trinajstić information content (AvgIpc) is 3.01. The van der Waals surface area contributed by atoms with E-state index in [-0.39, 0.29) is 11.9 Å². The highest BCUT2D eigenvalue weighted by Crippen LogP contribution is 2.22. The van der Waals surface area contributed by atoms with Crippen LogP contribution in [0.4, 0.5) is 0 Å². The molecule has 2 heterocycles. The van der Waals surface area contributed by atoms with Gasteiger partial charge >= 0.3 is 0 Å². The number of hydrogen-bond donors (Lipinski definition) is 2. The maximum absolute atomic E-state index is 12.4. The molecule has 0 aliphatic carbocycles. The van der Waals surface area contributed by atoms with Gasteiger partial charge in [-0.1, -0.05) is 18.2 Å². The molecule has 0 spiro atoms. The molecular weight excluding hydrogens is 266 g/mol. The van der Waals surface area contributed by atoms with E-state index in [4.69, 9.17) is 4.42 Å². The van der Waals surface area contributed by atoms with Crippen molar-refractivity contribution in [3.05, 3.63) is 53.1 Å². The minimum atomic E-state index is -0.196. The van der Waals surface area contributed by atoms with Crippen molar-refractivity contribution in [1.82, 2.24) is 15.5 Å². The van der Waals surface area contributed by atoms with Crippen molar-refractivity contribution in [2.24, 2.45) is 0 Å². The molecule has 0 saturated heterocycles. The maximum Gasteiger partial charge on any atom is 0.272 e. The van der Waals surface area contributed by atoms with E-state index >= 15 is 0 Å². The van der Waals surface area contributed by atoms with Gasteiger partial charge in [0.2, 0.25) is 0 Å². The quantitative estimate of drug-likeness (QED) is 0.775. The number of hydrogen-bond acceptors (Lipinski definition) is 3. The maximum atomic E-state index is 12.4. The molecule has 0 aliphatic rings. The molecule has 0 fully saturated rings. The summed E-state index contributed by atoms with van der Waals surface area (Å²) in [6.45, 7) is 5.73. The first-order valence-corrected chi connectivity index (χ1v) is 6.87. The number of aromatic nitrogens is 2. The van der Waals surface area contributed by atoms with Gasteiger partial charge in [0.1, 0.15) is 11.5 Å². The Kier molecular flexibility index (Phi) is 3.25. The zero-order chi connectivity index (χ0) is 15.0. The third kappa shape index (κ3) is 2.42.